The van der Waals surface area contributed by atoms with Crippen molar-refractivity contribution in [3.8, 4) is 11.5 Å². The largest absolute Gasteiger partial charge is 0.420 e. The Morgan fingerprint density at radius 1 is 1.00 bits per heavy atom. The Hall–Kier alpha value is -1.86. The molecule has 0 spiro atoms. The second-order valence-electron chi connectivity index (χ2n) is 6.01. The number of benzene rings is 1. The summed E-state index contributed by atoms with van der Waals surface area (Å²) in [4.78, 5) is 0. The fourth-order valence-electron chi connectivity index (χ4n) is 2.97. The third-order valence-electron chi connectivity index (χ3n) is 4.27. The van der Waals surface area contributed by atoms with Crippen LogP contribution >= 0.6 is 23.4 Å². The minimum Gasteiger partial charge on any atom is -0.420 e. The molecule has 0 unspecified atom stereocenters. The van der Waals surface area contributed by atoms with Crippen LogP contribution in [0.1, 0.15) is 49.8 Å². The number of hydrogen-bond acceptors (Lipinski definition) is 7. The van der Waals surface area contributed by atoms with Crippen LogP contribution in [-0.2, 0) is 5.75 Å². The highest BCUT2D eigenvalue weighted by atomic mass is 35.5. The molecule has 1 aromatic carbocycles. The van der Waals surface area contributed by atoms with Gasteiger partial charge in [0.15, 0.2) is 0 Å². The van der Waals surface area contributed by atoms with Gasteiger partial charge in [-0.15, -0.1) is 20.4 Å². The molecule has 0 amide bonds. The lowest BCUT2D eigenvalue weighted by Gasteiger charge is -2.17. The SMILES string of the molecule is Clc1ccccc1-c1nnc(CSc2nnc(C3CCCCC3)o2)o1. The van der Waals surface area contributed by atoms with Gasteiger partial charge in [-0.2, -0.15) is 0 Å². The van der Waals surface area contributed by atoms with Crippen LogP contribution in [0.15, 0.2) is 38.3 Å². The Morgan fingerprint density at radius 3 is 2.68 bits per heavy atom. The number of halogens is 1. The van der Waals surface area contributed by atoms with Gasteiger partial charge >= 0.3 is 0 Å². The zero-order valence-corrected chi connectivity index (χ0v) is 15.1. The molecule has 0 aliphatic heterocycles. The average Bonchev–Trinajstić information content (AvgIpc) is 3.31. The van der Waals surface area contributed by atoms with Gasteiger partial charge in [-0.3, -0.25) is 0 Å². The Balaban J connectivity index is 1.39. The Labute approximate surface area is 154 Å². The first kappa shape index (κ1) is 16.6. The van der Waals surface area contributed by atoms with Gasteiger partial charge in [-0.25, -0.2) is 0 Å². The van der Waals surface area contributed by atoms with Crippen LogP contribution in [0.4, 0.5) is 0 Å². The minimum absolute atomic E-state index is 0.408. The van der Waals surface area contributed by atoms with Gasteiger partial charge in [0.25, 0.3) is 5.22 Å². The molecule has 8 heteroatoms. The second-order valence-corrected chi connectivity index (χ2v) is 7.34. The van der Waals surface area contributed by atoms with Crippen molar-refractivity contribution in [2.75, 3.05) is 0 Å². The number of hydrogen-bond donors (Lipinski definition) is 0. The predicted molar refractivity (Wildman–Crippen MR) is 94.4 cm³/mol. The first-order valence-electron chi connectivity index (χ1n) is 8.33. The maximum absolute atomic E-state index is 6.15. The van der Waals surface area contributed by atoms with Crippen LogP contribution in [0.25, 0.3) is 11.5 Å². The maximum Gasteiger partial charge on any atom is 0.277 e. The fourth-order valence-corrected chi connectivity index (χ4v) is 3.80. The zero-order valence-electron chi connectivity index (χ0n) is 13.5. The van der Waals surface area contributed by atoms with Crippen molar-refractivity contribution < 1.29 is 8.83 Å². The van der Waals surface area contributed by atoms with E-state index in [1.54, 1.807) is 6.07 Å². The molecule has 1 saturated carbocycles. The van der Waals surface area contributed by atoms with E-state index in [0.29, 0.717) is 33.7 Å². The standard InChI is InChI=1S/C17H17ClN4O2S/c18-13-9-5-4-8-12(13)16-21-19-14(23-16)10-25-17-22-20-15(24-17)11-6-2-1-3-7-11/h4-5,8-9,11H,1-3,6-7,10H2. The lowest BCUT2D eigenvalue weighted by molar-refractivity contribution is 0.334. The highest BCUT2D eigenvalue weighted by Gasteiger charge is 2.21. The van der Waals surface area contributed by atoms with E-state index in [-0.39, 0.29) is 0 Å². The molecule has 6 nitrogen and oxygen atoms in total. The predicted octanol–water partition coefficient (Wildman–Crippen LogP) is 5.11. The van der Waals surface area contributed by atoms with E-state index >= 15 is 0 Å². The van der Waals surface area contributed by atoms with Crippen LogP contribution in [0.5, 0.6) is 0 Å². The van der Waals surface area contributed by atoms with E-state index < -0.39 is 0 Å². The maximum atomic E-state index is 6.15. The first-order valence-corrected chi connectivity index (χ1v) is 9.69. The van der Waals surface area contributed by atoms with E-state index in [4.69, 9.17) is 20.4 Å². The molecule has 2 aromatic heterocycles. The summed E-state index contributed by atoms with van der Waals surface area (Å²) in [6.07, 6.45) is 6.05. The Bertz CT molecular complexity index is 845. The van der Waals surface area contributed by atoms with E-state index in [9.17, 15) is 0 Å². The molecule has 0 atom stereocenters. The zero-order chi connectivity index (χ0) is 17.1. The lowest BCUT2D eigenvalue weighted by Crippen LogP contribution is -2.04. The molecule has 1 aliphatic carbocycles. The van der Waals surface area contributed by atoms with Gasteiger partial charge in [-0.05, 0) is 25.0 Å². The molecule has 25 heavy (non-hydrogen) atoms. The fraction of sp³-hybridized carbons (Fsp3) is 0.412. The molecule has 130 valence electrons. The van der Waals surface area contributed by atoms with Crippen molar-refractivity contribution in [2.24, 2.45) is 0 Å². The van der Waals surface area contributed by atoms with Gasteiger partial charge in [0.2, 0.25) is 17.7 Å². The summed E-state index contributed by atoms with van der Waals surface area (Å²) in [5, 5.41) is 17.6. The molecule has 0 saturated heterocycles. The quantitative estimate of drug-likeness (QED) is 0.572. The van der Waals surface area contributed by atoms with Gasteiger partial charge in [0.05, 0.1) is 16.3 Å². The summed E-state index contributed by atoms with van der Waals surface area (Å²) in [7, 11) is 0. The number of thioether (sulfide) groups is 1. The summed E-state index contributed by atoms with van der Waals surface area (Å²) >= 11 is 7.55. The highest BCUT2D eigenvalue weighted by Crippen LogP contribution is 2.33. The van der Waals surface area contributed by atoms with Gasteiger partial charge in [0.1, 0.15) is 0 Å². The monoisotopic (exact) mass is 376 g/mol. The second kappa shape index (κ2) is 7.58. The molecular formula is C17H17ClN4O2S. The van der Waals surface area contributed by atoms with Gasteiger partial charge in [-0.1, -0.05) is 54.8 Å². The van der Waals surface area contributed by atoms with Crippen LogP contribution in [0.2, 0.25) is 5.02 Å². The summed E-state index contributed by atoms with van der Waals surface area (Å²) in [5.41, 5.74) is 0.727. The van der Waals surface area contributed by atoms with Crippen LogP contribution in [0, 0.1) is 0 Å². The third-order valence-corrected chi connectivity index (χ3v) is 5.40. The van der Waals surface area contributed by atoms with E-state index in [1.165, 1.54) is 31.0 Å². The summed E-state index contributed by atoms with van der Waals surface area (Å²) in [6.45, 7) is 0. The van der Waals surface area contributed by atoms with Crippen LogP contribution in [-0.4, -0.2) is 20.4 Å². The summed E-state index contributed by atoms with van der Waals surface area (Å²) in [6, 6.07) is 7.38. The smallest absolute Gasteiger partial charge is 0.277 e. The number of rotatable bonds is 5. The molecular weight excluding hydrogens is 360 g/mol. The molecule has 1 fully saturated rings. The van der Waals surface area contributed by atoms with Gasteiger partial charge < -0.3 is 8.83 Å². The Morgan fingerprint density at radius 2 is 1.84 bits per heavy atom. The van der Waals surface area contributed by atoms with Crippen molar-refractivity contribution in [3.63, 3.8) is 0 Å². The van der Waals surface area contributed by atoms with Crippen molar-refractivity contribution in [2.45, 2.75) is 49.0 Å². The molecule has 4 rings (SSSR count). The number of nitrogens with zero attached hydrogens (tertiary/aromatic N) is 4. The van der Waals surface area contributed by atoms with Crippen LogP contribution in [0.3, 0.4) is 0 Å². The minimum atomic E-state index is 0.408. The molecule has 0 N–H and O–H groups in total. The van der Waals surface area contributed by atoms with Crippen molar-refractivity contribution in [3.05, 3.63) is 41.1 Å². The van der Waals surface area contributed by atoms with Crippen LogP contribution < -0.4 is 0 Å². The van der Waals surface area contributed by atoms with Crippen molar-refractivity contribution in [1.82, 2.24) is 20.4 Å². The van der Waals surface area contributed by atoms with Gasteiger partial charge in [0, 0.05) is 5.92 Å². The topological polar surface area (TPSA) is 77.8 Å². The van der Waals surface area contributed by atoms with Crippen molar-refractivity contribution in [1.29, 1.82) is 0 Å². The summed E-state index contributed by atoms with van der Waals surface area (Å²) < 4.78 is 11.5. The first-order chi connectivity index (χ1) is 12.3. The van der Waals surface area contributed by atoms with E-state index in [2.05, 4.69) is 20.4 Å². The van der Waals surface area contributed by atoms with E-state index in [1.807, 2.05) is 18.2 Å². The lowest BCUT2D eigenvalue weighted by atomic mass is 9.89. The molecule has 3 aromatic rings. The normalized spacial score (nSPS) is 15.6. The summed E-state index contributed by atoms with van der Waals surface area (Å²) in [5.74, 6) is 2.55. The van der Waals surface area contributed by atoms with Crippen molar-refractivity contribution >= 4 is 23.4 Å². The number of aromatic nitrogens is 4. The third kappa shape index (κ3) is 3.88. The Kier molecular flexibility index (Phi) is 5.03. The average molecular weight is 377 g/mol. The molecule has 1 aliphatic rings. The molecule has 0 bridgehead atoms. The van der Waals surface area contributed by atoms with E-state index in [0.717, 1.165) is 24.3 Å². The molecule has 2 heterocycles. The highest BCUT2D eigenvalue weighted by molar-refractivity contribution is 7.98. The molecule has 0 radical (unpaired) electrons.